The van der Waals surface area contributed by atoms with Gasteiger partial charge in [0.1, 0.15) is 41.2 Å². The summed E-state index contributed by atoms with van der Waals surface area (Å²) in [5, 5.41) is 3.51. The molecule has 18 heteroatoms. The first kappa shape index (κ1) is 78.2. The largest absolute Gasteiger partial charge is 0.493 e. The molecule has 0 atom stereocenters. The van der Waals surface area contributed by atoms with Crippen molar-refractivity contribution in [1.29, 1.82) is 0 Å². The van der Waals surface area contributed by atoms with Crippen molar-refractivity contribution in [3.05, 3.63) is 272 Å². The van der Waals surface area contributed by atoms with E-state index in [1.807, 2.05) is 113 Å². The number of anilines is 1. The summed E-state index contributed by atoms with van der Waals surface area (Å²) in [4.78, 5) is 105. The van der Waals surface area contributed by atoms with E-state index in [-0.39, 0.29) is 33.8 Å². The number of nitrogens with zero attached hydrogens (tertiary/aromatic N) is 6. The molecule has 0 amide bonds. The van der Waals surface area contributed by atoms with E-state index in [9.17, 15) is 38.4 Å². The van der Waals surface area contributed by atoms with Gasteiger partial charge in [-0.15, -0.1) is 0 Å². The minimum absolute atomic E-state index is 0.000989. The van der Waals surface area contributed by atoms with Crippen molar-refractivity contribution in [3.8, 4) is 56.0 Å². The molecule has 10 aromatic rings. The molecule has 4 aromatic carbocycles. The van der Waals surface area contributed by atoms with Gasteiger partial charge in [0.15, 0.2) is 0 Å². The third-order valence-electron chi connectivity index (χ3n) is 22.7. The van der Waals surface area contributed by atoms with E-state index in [2.05, 4.69) is 57.7 Å². The van der Waals surface area contributed by atoms with Gasteiger partial charge in [0, 0.05) is 169 Å². The molecule has 0 unspecified atom stereocenters. The zero-order valence-corrected chi connectivity index (χ0v) is 65.4. The number of pyridine rings is 6. The van der Waals surface area contributed by atoms with E-state index < -0.39 is 0 Å². The van der Waals surface area contributed by atoms with E-state index >= 15 is 0 Å². The summed E-state index contributed by atoms with van der Waals surface area (Å²) in [7, 11) is 7.11. The highest BCUT2D eigenvalue weighted by Crippen LogP contribution is 2.39. The number of nitrogens with one attached hydrogen (secondary N) is 1. The van der Waals surface area contributed by atoms with E-state index in [4.69, 9.17) is 14.2 Å². The third-order valence-corrected chi connectivity index (χ3v) is 22.7. The number of hydrogen-bond acceptors (Lipinski definition) is 14. The summed E-state index contributed by atoms with van der Waals surface area (Å²) < 4.78 is 25.1. The number of aryl methyl sites for hydroxylation is 12. The molecule has 16 rings (SSSR count). The van der Waals surface area contributed by atoms with Gasteiger partial charge in [0.2, 0.25) is 0 Å². The van der Waals surface area contributed by atoms with Gasteiger partial charge in [0.05, 0.1) is 25.0 Å². The molecule has 111 heavy (non-hydrogen) atoms. The predicted octanol–water partition coefficient (Wildman–Crippen LogP) is 15.1. The summed E-state index contributed by atoms with van der Waals surface area (Å²) in [6, 6.07) is 34.4. The quantitative estimate of drug-likeness (QED) is 0.0951. The van der Waals surface area contributed by atoms with Crippen LogP contribution in [0.3, 0.4) is 0 Å². The maximum absolute atomic E-state index is 12.1. The Morgan fingerprint density at radius 3 is 1.28 bits per heavy atom. The Hall–Kier alpha value is -11.0. The summed E-state index contributed by atoms with van der Waals surface area (Å²) in [5.41, 5.74) is 24.4. The van der Waals surface area contributed by atoms with E-state index in [1.54, 1.807) is 65.0 Å². The standard InChI is InChI=1S/C24H29NO3.C23H23N3O2.C23H22N2O3.C23H27NO3/c1-16-10-19(14-25(2)24(16)27)18-11-17-8-9-21(26)13-23(17)20(12-18)15-28-22-6-4-3-5-7-22;1-15-9-19(14-26(2)23(15)28)18-10-17-3-4-20(27)12-21(17)22(11-18)25-13-16-5-7-24-8-6-16;1-15-9-18(13-25(2)23(15)27)17-10-16-6-7-20(26)12-21(16)22(11-17)28-14-19-5-3-4-8-24-19;1-15-9-19(13-24(2)23(15)26)18-10-17-7-8-20(25)12-21(17)22(11-18)27-14-16-5-3-4-6-16/h10-12,14,22H,3-9,13,15H2,1-2H3;5-11,14,25H,3-4,12-13H2,1-2H3;3-5,8-11,13H,6-7,12,14H2,1-2H3;9-11,13,16H,3-8,12,14H2,1-2H3. The lowest BCUT2D eigenvalue weighted by Crippen LogP contribution is -2.20. The molecule has 1 N–H and O–H groups in total. The minimum atomic E-state index is -0.000989. The van der Waals surface area contributed by atoms with Crippen molar-refractivity contribution < 1.29 is 33.4 Å². The molecular formula is C93H101N7O11. The van der Waals surface area contributed by atoms with Crippen molar-refractivity contribution in [3.63, 3.8) is 0 Å². The Balaban J connectivity index is 0.000000130. The highest BCUT2D eigenvalue weighted by Gasteiger charge is 2.28. The van der Waals surface area contributed by atoms with Crippen LogP contribution in [-0.4, -0.2) is 64.1 Å². The first-order chi connectivity index (χ1) is 53.5. The van der Waals surface area contributed by atoms with Gasteiger partial charge in [-0.3, -0.25) is 48.3 Å². The molecule has 6 aliphatic rings. The van der Waals surface area contributed by atoms with Crippen molar-refractivity contribution in [2.45, 2.75) is 188 Å². The van der Waals surface area contributed by atoms with Crippen LogP contribution in [0.5, 0.6) is 11.5 Å². The highest BCUT2D eigenvalue weighted by molar-refractivity contribution is 5.88. The van der Waals surface area contributed by atoms with E-state index in [1.165, 1.54) is 61.6 Å². The lowest BCUT2D eigenvalue weighted by atomic mass is 9.85. The number of carbonyl (C=O) groups is 4. The fourth-order valence-electron chi connectivity index (χ4n) is 16.4. The van der Waals surface area contributed by atoms with Crippen LogP contribution in [-0.2, 0) is 123 Å². The number of fused-ring (bicyclic) bond motifs is 4. The number of rotatable bonds is 16. The maximum Gasteiger partial charge on any atom is 0.253 e. The smallest absolute Gasteiger partial charge is 0.253 e. The van der Waals surface area contributed by atoms with Crippen molar-refractivity contribution in [2.24, 2.45) is 34.1 Å². The summed E-state index contributed by atoms with van der Waals surface area (Å²) in [6.07, 6.45) is 31.6. The van der Waals surface area contributed by atoms with Crippen molar-refractivity contribution in [2.75, 3.05) is 11.9 Å². The zero-order chi connectivity index (χ0) is 78.0. The second-order valence-corrected chi connectivity index (χ2v) is 31.2. The van der Waals surface area contributed by atoms with Gasteiger partial charge >= 0.3 is 0 Å². The van der Waals surface area contributed by atoms with Crippen LogP contribution in [0.1, 0.15) is 167 Å². The van der Waals surface area contributed by atoms with Crippen LogP contribution < -0.4 is 37.0 Å². The number of aromatic nitrogens is 6. The molecule has 6 aliphatic carbocycles. The third kappa shape index (κ3) is 19.3. The number of hydrogen-bond donors (Lipinski definition) is 1. The Bertz CT molecular complexity index is 5140. The first-order valence-electron chi connectivity index (χ1n) is 39.3. The molecule has 6 aromatic heterocycles. The Morgan fingerprint density at radius 1 is 0.405 bits per heavy atom. The predicted molar refractivity (Wildman–Crippen MR) is 435 cm³/mol. The minimum Gasteiger partial charge on any atom is -0.493 e. The summed E-state index contributed by atoms with van der Waals surface area (Å²) in [6.45, 7) is 9.68. The maximum atomic E-state index is 12.1. The molecule has 0 aliphatic heterocycles. The fraction of sp³-hybridized carbons (Fsp3) is 0.376. The summed E-state index contributed by atoms with van der Waals surface area (Å²) in [5.74, 6) is 3.33. The van der Waals surface area contributed by atoms with Crippen LogP contribution in [0.2, 0.25) is 0 Å². The van der Waals surface area contributed by atoms with Crippen LogP contribution >= 0.6 is 0 Å². The molecule has 574 valence electrons. The average molecular weight is 1490 g/mol. The molecule has 6 heterocycles. The van der Waals surface area contributed by atoms with Crippen LogP contribution in [0.15, 0.2) is 166 Å². The zero-order valence-electron chi connectivity index (χ0n) is 65.4. The van der Waals surface area contributed by atoms with Gasteiger partial charge in [-0.25, -0.2) is 0 Å². The van der Waals surface area contributed by atoms with Gasteiger partial charge in [-0.05, 0) is 247 Å². The summed E-state index contributed by atoms with van der Waals surface area (Å²) >= 11 is 0. The number of ketones is 4. The van der Waals surface area contributed by atoms with Gasteiger partial charge < -0.3 is 37.8 Å². The number of carbonyl (C=O) groups excluding carboxylic acids is 4. The Kier molecular flexibility index (Phi) is 24.9. The van der Waals surface area contributed by atoms with Crippen LogP contribution in [0, 0.1) is 33.6 Å². The lowest BCUT2D eigenvalue weighted by molar-refractivity contribution is -0.119. The molecule has 18 nitrogen and oxygen atoms in total. The Labute approximate surface area is 649 Å². The number of ether oxygens (including phenoxy) is 3. The van der Waals surface area contributed by atoms with E-state index in [0.717, 1.165) is 162 Å². The number of benzene rings is 4. The van der Waals surface area contributed by atoms with Gasteiger partial charge in [-0.1, -0.05) is 62.4 Å². The van der Waals surface area contributed by atoms with E-state index in [0.29, 0.717) is 107 Å². The monoisotopic (exact) mass is 1490 g/mol. The fourth-order valence-corrected chi connectivity index (χ4v) is 16.4. The number of Topliss-reactive ketones (excluding diaryl/α,β-unsaturated/α-hetero) is 4. The van der Waals surface area contributed by atoms with Crippen molar-refractivity contribution >= 4 is 28.8 Å². The van der Waals surface area contributed by atoms with Gasteiger partial charge in [0.25, 0.3) is 22.2 Å². The topological polar surface area (TPSA) is 222 Å². The van der Waals surface area contributed by atoms with Crippen LogP contribution in [0.4, 0.5) is 5.69 Å². The molecule has 0 saturated heterocycles. The molecule has 0 bridgehead atoms. The molecule has 0 radical (unpaired) electrons. The second kappa shape index (κ2) is 35.4. The second-order valence-electron chi connectivity index (χ2n) is 31.2. The average Bonchev–Trinajstić information content (AvgIpc) is 1.12. The normalized spacial score (nSPS) is 15.3. The SMILES string of the molecule is Cc1cc(-c2cc3c(c(COC4CCCCC4)c2)CC(=O)CC3)cn(C)c1=O.Cc1cc(-c2cc3c(c(NCc4ccncc4)c2)CC(=O)CC3)cn(C)c1=O.Cc1cc(-c2cc3c(c(OCC4CCCC4)c2)CC(=O)CC3)cn(C)c1=O.Cc1cc(-c2cc3c(c(OCc4ccccn4)c2)CC(=O)CC3)cn(C)c1=O. The first-order valence-corrected chi connectivity index (χ1v) is 39.3. The molecule has 0 spiro atoms. The van der Waals surface area contributed by atoms with Gasteiger partial charge in [-0.2, -0.15) is 0 Å². The van der Waals surface area contributed by atoms with Crippen molar-refractivity contribution in [1.82, 2.24) is 28.2 Å². The Morgan fingerprint density at radius 2 is 0.820 bits per heavy atom. The molecular weight excluding hydrogens is 1390 g/mol. The lowest BCUT2D eigenvalue weighted by Gasteiger charge is -2.25. The highest BCUT2D eigenvalue weighted by atomic mass is 16.5. The molecule has 2 fully saturated rings. The van der Waals surface area contributed by atoms with Crippen LogP contribution in [0.25, 0.3) is 44.5 Å². The molecule has 2 saturated carbocycles.